The number of thioether (sulfide) groups is 2. The third kappa shape index (κ3) is 4.51. The van der Waals surface area contributed by atoms with Gasteiger partial charge in [-0.3, -0.25) is 0 Å². The van der Waals surface area contributed by atoms with E-state index in [1.165, 1.54) is 17.3 Å². The molecule has 1 unspecified atom stereocenters. The lowest BCUT2D eigenvalue weighted by Crippen LogP contribution is -2.28. The zero-order chi connectivity index (χ0) is 13.5. The lowest BCUT2D eigenvalue weighted by Gasteiger charge is -2.21. The second-order valence-corrected chi connectivity index (χ2v) is 6.93. The first-order chi connectivity index (χ1) is 9.33. The minimum Gasteiger partial charge on any atom is -0.497 e. The van der Waals surface area contributed by atoms with Crippen LogP contribution >= 0.6 is 23.5 Å². The second kappa shape index (κ2) is 7.92. The van der Waals surface area contributed by atoms with Gasteiger partial charge in [0.2, 0.25) is 0 Å². The van der Waals surface area contributed by atoms with E-state index in [-0.39, 0.29) is 0 Å². The Labute approximate surface area is 123 Å². The molecule has 1 aromatic rings. The maximum absolute atomic E-state index is 5.38. The molecule has 1 saturated heterocycles. The lowest BCUT2D eigenvalue weighted by molar-refractivity contribution is 0.397. The molecule has 3 nitrogen and oxygen atoms in total. The number of hydrogen-bond donors (Lipinski definition) is 1. The molecule has 1 atom stereocenters. The SMILES string of the molecule is COc1ccc(OC)c(CNCC2CSCCS2)c1. The van der Waals surface area contributed by atoms with Gasteiger partial charge in [0.15, 0.2) is 0 Å². The maximum Gasteiger partial charge on any atom is 0.123 e. The van der Waals surface area contributed by atoms with Crippen molar-refractivity contribution in [2.45, 2.75) is 11.8 Å². The molecule has 1 fully saturated rings. The van der Waals surface area contributed by atoms with Crippen LogP contribution in [0.3, 0.4) is 0 Å². The van der Waals surface area contributed by atoms with Crippen molar-refractivity contribution in [2.75, 3.05) is 38.0 Å². The second-order valence-electron chi connectivity index (χ2n) is 4.38. The fourth-order valence-electron chi connectivity index (χ4n) is 2.04. The fraction of sp³-hybridized carbons (Fsp3) is 0.571. The van der Waals surface area contributed by atoms with Crippen LogP contribution in [0.1, 0.15) is 5.56 Å². The number of nitrogens with one attached hydrogen (secondary N) is 1. The molecule has 106 valence electrons. The van der Waals surface area contributed by atoms with Crippen LogP contribution in [0.4, 0.5) is 0 Å². The molecule has 0 amide bonds. The van der Waals surface area contributed by atoms with E-state index in [0.29, 0.717) is 0 Å². The van der Waals surface area contributed by atoms with Gasteiger partial charge >= 0.3 is 0 Å². The summed E-state index contributed by atoms with van der Waals surface area (Å²) in [6.45, 7) is 1.88. The zero-order valence-electron chi connectivity index (χ0n) is 11.5. The van der Waals surface area contributed by atoms with Crippen molar-refractivity contribution in [1.82, 2.24) is 5.32 Å². The van der Waals surface area contributed by atoms with Gasteiger partial charge < -0.3 is 14.8 Å². The molecular formula is C14H21NO2S2. The van der Waals surface area contributed by atoms with Gasteiger partial charge in [-0.1, -0.05) is 0 Å². The van der Waals surface area contributed by atoms with Gasteiger partial charge in [-0.2, -0.15) is 23.5 Å². The molecule has 1 aliphatic heterocycles. The lowest BCUT2D eigenvalue weighted by atomic mass is 10.2. The Morgan fingerprint density at radius 2 is 2.16 bits per heavy atom. The minimum atomic E-state index is 0.732. The first kappa shape index (κ1) is 14.9. The van der Waals surface area contributed by atoms with Gasteiger partial charge in [0.25, 0.3) is 0 Å². The van der Waals surface area contributed by atoms with E-state index < -0.39 is 0 Å². The van der Waals surface area contributed by atoms with Crippen LogP contribution in [0.25, 0.3) is 0 Å². The average Bonchev–Trinajstić information content (AvgIpc) is 2.48. The Kier molecular flexibility index (Phi) is 6.20. The molecule has 5 heteroatoms. The highest BCUT2D eigenvalue weighted by atomic mass is 32.2. The monoisotopic (exact) mass is 299 g/mol. The van der Waals surface area contributed by atoms with E-state index in [0.717, 1.165) is 35.4 Å². The Balaban J connectivity index is 1.86. The number of ether oxygens (including phenoxy) is 2. The van der Waals surface area contributed by atoms with E-state index in [4.69, 9.17) is 9.47 Å². The fourth-order valence-corrected chi connectivity index (χ4v) is 4.69. The van der Waals surface area contributed by atoms with Gasteiger partial charge in [-0.15, -0.1) is 0 Å². The van der Waals surface area contributed by atoms with Crippen molar-refractivity contribution in [3.63, 3.8) is 0 Å². The van der Waals surface area contributed by atoms with Crippen LogP contribution in [0.2, 0.25) is 0 Å². The van der Waals surface area contributed by atoms with Gasteiger partial charge in [-0.25, -0.2) is 0 Å². The quantitative estimate of drug-likeness (QED) is 0.872. The Morgan fingerprint density at radius 3 is 2.84 bits per heavy atom. The van der Waals surface area contributed by atoms with E-state index in [2.05, 4.69) is 28.8 Å². The zero-order valence-corrected chi connectivity index (χ0v) is 13.1. The number of rotatable bonds is 6. The maximum atomic E-state index is 5.38. The molecule has 0 aliphatic carbocycles. The minimum absolute atomic E-state index is 0.732. The normalized spacial score (nSPS) is 19.2. The molecule has 0 bridgehead atoms. The number of hydrogen-bond acceptors (Lipinski definition) is 5. The summed E-state index contributed by atoms with van der Waals surface area (Å²) in [7, 11) is 3.40. The summed E-state index contributed by atoms with van der Waals surface area (Å²) in [5.74, 6) is 5.62. The van der Waals surface area contributed by atoms with Crippen molar-refractivity contribution in [3.8, 4) is 11.5 Å². The Morgan fingerprint density at radius 1 is 1.26 bits per heavy atom. The van der Waals surface area contributed by atoms with Gasteiger partial charge in [0.05, 0.1) is 14.2 Å². The predicted octanol–water partition coefficient (Wildman–Crippen LogP) is 2.64. The van der Waals surface area contributed by atoms with Crippen LogP contribution in [0.15, 0.2) is 18.2 Å². The summed E-state index contributed by atoms with van der Waals surface area (Å²) in [5.41, 5.74) is 1.15. The highest BCUT2D eigenvalue weighted by Gasteiger charge is 2.14. The summed E-state index contributed by atoms with van der Waals surface area (Å²) in [6, 6.07) is 5.92. The first-order valence-corrected chi connectivity index (χ1v) is 8.65. The van der Waals surface area contributed by atoms with Crippen molar-refractivity contribution < 1.29 is 9.47 Å². The van der Waals surface area contributed by atoms with Crippen molar-refractivity contribution in [1.29, 1.82) is 0 Å². The van der Waals surface area contributed by atoms with Crippen molar-refractivity contribution in [3.05, 3.63) is 23.8 Å². The van der Waals surface area contributed by atoms with Crippen LogP contribution in [0.5, 0.6) is 11.5 Å². The van der Waals surface area contributed by atoms with Crippen molar-refractivity contribution in [2.24, 2.45) is 0 Å². The topological polar surface area (TPSA) is 30.5 Å². The Bertz CT molecular complexity index is 395. The third-order valence-electron chi connectivity index (χ3n) is 3.06. The molecule has 1 N–H and O–H groups in total. The van der Waals surface area contributed by atoms with Gasteiger partial charge in [0, 0.05) is 41.2 Å². The molecule has 19 heavy (non-hydrogen) atoms. The van der Waals surface area contributed by atoms with Gasteiger partial charge in [-0.05, 0) is 18.2 Å². The largest absolute Gasteiger partial charge is 0.497 e. The Hall–Kier alpha value is -0.520. The molecular weight excluding hydrogens is 278 g/mol. The van der Waals surface area contributed by atoms with E-state index in [9.17, 15) is 0 Å². The van der Waals surface area contributed by atoms with Crippen LogP contribution in [-0.2, 0) is 6.54 Å². The third-order valence-corrected chi connectivity index (χ3v) is 5.90. The van der Waals surface area contributed by atoms with E-state index in [1.54, 1.807) is 14.2 Å². The van der Waals surface area contributed by atoms with Gasteiger partial charge in [0.1, 0.15) is 11.5 Å². The smallest absolute Gasteiger partial charge is 0.123 e. The highest BCUT2D eigenvalue weighted by molar-refractivity contribution is 8.06. The van der Waals surface area contributed by atoms with Crippen LogP contribution in [0, 0.1) is 0 Å². The van der Waals surface area contributed by atoms with Crippen LogP contribution < -0.4 is 14.8 Å². The molecule has 1 aromatic carbocycles. The number of benzene rings is 1. The highest BCUT2D eigenvalue weighted by Crippen LogP contribution is 2.25. The summed E-state index contributed by atoms with van der Waals surface area (Å²) in [4.78, 5) is 0. The number of methoxy groups -OCH3 is 2. The summed E-state index contributed by atoms with van der Waals surface area (Å²) < 4.78 is 10.6. The first-order valence-electron chi connectivity index (χ1n) is 6.44. The standard InChI is InChI=1S/C14H21NO2S2/c1-16-12-3-4-14(17-2)11(7-12)8-15-9-13-10-18-5-6-19-13/h3-4,7,13,15H,5-6,8-10H2,1-2H3. The average molecular weight is 299 g/mol. The van der Waals surface area contributed by atoms with Crippen LogP contribution in [-0.4, -0.2) is 43.3 Å². The molecule has 0 spiro atoms. The molecule has 2 rings (SSSR count). The molecule has 0 radical (unpaired) electrons. The molecule has 1 aliphatic rings. The van der Waals surface area contributed by atoms with E-state index in [1.807, 2.05) is 18.2 Å². The predicted molar refractivity (Wildman–Crippen MR) is 84.8 cm³/mol. The summed E-state index contributed by atoms with van der Waals surface area (Å²) in [5, 5.41) is 4.26. The molecule has 1 heterocycles. The van der Waals surface area contributed by atoms with Crippen molar-refractivity contribution >= 4 is 23.5 Å². The summed E-state index contributed by atoms with van der Waals surface area (Å²) >= 11 is 4.13. The summed E-state index contributed by atoms with van der Waals surface area (Å²) in [6.07, 6.45) is 0. The molecule has 0 aromatic heterocycles. The van der Waals surface area contributed by atoms with E-state index >= 15 is 0 Å². The molecule has 0 saturated carbocycles.